The van der Waals surface area contributed by atoms with Crippen molar-refractivity contribution in [2.24, 2.45) is 0 Å². The number of aliphatic hydroxyl groups excluding tert-OH is 2. The minimum Gasteiger partial charge on any atom is -0.394 e. The molecule has 0 aromatic heterocycles. The molecule has 0 aromatic carbocycles. The Morgan fingerprint density at radius 3 is 1.81 bits per heavy atom. The van der Waals surface area contributed by atoms with Crippen LogP contribution in [0.5, 0.6) is 0 Å². The lowest BCUT2D eigenvalue weighted by Crippen LogP contribution is -2.45. The summed E-state index contributed by atoms with van der Waals surface area (Å²) in [5.41, 5.74) is 0. The van der Waals surface area contributed by atoms with Crippen LogP contribution >= 0.6 is 0 Å². The van der Waals surface area contributed by atoms with Crippen molar-refractivity contribution in [2.45, 2.75) is 142 Å². The second kappa shape index (κ2) is 24.5. The van der Waals surface area contributed by atoms with E-state index in [1.165, 1.54) is 70.6 Å². The summed E-state index contributed by atoms with van der Waals surface area (Å²) in [6, 6.07) is -0.620. The zero-order chi connectivity index (χ0) is 23.7. The maximum atomic E-state index is 12.1. The first-order chi connectivity index (χ1) is 15.7. The van der Waals surface area contributed by atoms with Crippen LogP contribution in [0.3, 0.4) is 0 Å². The van der Waals surface area contributed by atoms with Gasteiger partial charge in [-0.2, -0.15) is 0 Å². The third kappa shape index (κ3) is 20.8. The highest BCUT2D eigenvalue weighted by atomic mass is 16.3. The topological polar surface area (TPSA) is 69.6 Å². The monoisotopic (exact) mass is 451 g/mol. The van der Waals surface area contributed by atoms with Gasteiger partial charge in [0.15, 0.2) is 0 Å². The lowest BCUT2D eigenvalue weighted by molar-refractivity contribution is -0.123. The fraction of sp³-hybridized carbons (Fsp3) is 0.821. The van der Waals surface area contributed by atoms with Crippen molar-refractivity contribution < 1.29 is 15.0 Å². The highest BCUT2D eigenvalue weighted by molar-refractivity contribution is 5.76. The van der Waals surface area contributed by atoms with Crippen molar-refractivity contribution in [1.29, 1.82) is 0 Å². The van der Waals surface area contributed by atoms with Crippen molar-refractivity contribution in [3.8, 4) is 0 Å². The molecule has 0 aromatic rings. The molecule has 0 saturated heterocycles. The van der Waals surface area contributed by atoms with Gasteiger partial charge in [-0.05, 0) is 38.5 Å². The second-order valence-corrected chi connectivity index (χ2v) is 9.11. The Kier molecular flexibility index (Phi) is 23.6. The number of aliphatic hydroxyl groups is 2. The van der Waals surface area contributed by atoms with Crippen molar-refractivity contribution in [2.75, 3.05) is 6.61 Å². The largest absolute Gasteiger partial charge is 0.394 e. The third-order valence-electron chi connectivity index (χ3n) is 5.93. The molecule has 0 fully saturated rings. The molecular weight excluding hydrogens is 398 g/mol. The summed E-state index contributed by atoms with van der Waals surface area (Å²) in [5, 5.41) is 22.6. The highest BCUT2D eigenvalue weighted by Crippen LogP contribution is 2.10. The van der Waals surface area contributed by atoms with Gasteiger partial charge in [0.05, 0.1) is 18.8 Å². The molecule has 0 saturated carbocycles. The van der Waals surface area contributed by atoms with Crippen LogP contribution in [0.2, 0.25) is 0 Å². The fourth-order valence-corrected chi connectivity index (χ4v) is 3.74. The highest BCUT2D eigenvalue weighted by Gasteiger charge is 2.17. The Morgan fingerprint density at radius 1 is 0.719 bits per heavy atom. The average molecular weight is 452 g/mol. The van der Waals surface area contributed by atoms with Crippen molar-refractivity contribution >= 4 is 5.91 Å². The molecular formula is C28H53NO3. The first-order valence-corrected chi connectivity index (χ1v) is 13.6. The molecule has 2 unspecified atom stereocenters. The van der Waals surface area contributed by atoms with Gasteiger partial charge in [0, 0.05) is 6.42 Å². The van der Waals surface area contributed by atoms with Gasteiger partial charge >= 0.3 is 0 Å². The SMILES string of the molecule is CCCC/C=C\CCCCCCC(=O)NC(CO)C(O)/C=C/CCCCCCCCCC. The quantitative estimate of drug-likeness (QED) is 0.116. The van der Waals surface area contributed by atoms with Crippen molar-refractivity contribution in [3.05, 3.63) is 24.3 Å². The van der Waals surface area contributed by atoms with Gasteiger partial charge in [-0.15, -0.1) is 0 Å². The first-order valence-electron chi connectivity index (χ1n) is 13.6. The van der Waals surface area contributed by atoms with E-state index in [-0.39, 0.29) is 12.5 Å². The van der Waals surface area contributed by atoms with Crippen molar-refractivity contribution in [1.82, 2.24) is 5.32 Å². The van der Waals surface area contributed by atoms with Crippen LogP contribution in [0.15, 0.2) is 24.3 Å². The van der Waals surface area contributed by atoms with E-state index in [2.05, 4.69) is 31.3 Å². The normalized spacial score (nSPS) is 13.8. The number of allylic oxidation sites excluding steroid dienone is 3. The molecule has 0 spiro atoms. The molecule has 2 atom stereocenters. The smallest absolute Gasteiger partial charge is 0.220 e. The number of rotatable bonds is 23. The maximum Gasteiger partial charge on any atom is 0.220 e. The van der Waals surface area contributed by atoms with Gasteiger partial charge in [0.2, 0.25) is 5.91 Å². The van der Waals surface area contributed by atoms with Crippen LogP contribution in [0.4, 0.5) is 0 Å². The Balaban J connectivity index is 3.77. The zero-order valence-electron chi connectivity index (χ0n) is 21.2. The Bertz CT molecular complexity index is 462. The van der Waals surface area contributed by atoms with Gasteiger partial charge in [0.1, 0.15) is 0 Å². The predicted octanol–water partition coefficient (Wildman–Crippen LogP) is 7.00. The summed E-state index contributed by atoms with van der Waals surface area (Å²) in [6.45, 7) is 4.20. The first kappa shape index (κ1) is 30.9. The fourth-order valence-electron chi connectivity index (χ4n) is 3.74. The second-order valence-electron chi connectivity index (χ2n) is 9.11. The van der Waals surface area contributed by atoms with Gasteiger partial charge < -0.3 is 15.5 Å². The Labute approximate surface area is 199 Å². The summed E-state index contributed by atoms with van der Waals surface area (Å²) in [6.07, 6.45) is 28.1. The molecule has 188 valence electrons. The van der Waals surface area contributed by atoms with Gasteiger partial charge in [0.25, 0.3) is 0 Å². The van der Waals surface area contributed by atoms with E-state index in [0.29, 0.717) is 6.42 Å². The minimum absolute atomic E-state index is 0.0842. The van der Waals surface area contributed by atoms with Crippen LogP contribution in [0.1, 0.15) is 129 Å². The van der Waals surface area contributed by atoms with Crippen LogP contribution in [0.25, 0.3) is 0 Å². The van der Waals surface area contributed by atoms with E-state index in [1.54, 1.807) is 6.08 Å². The molecule has 0 aliphatic carbocycles. The minimum atomic E-state index is -0.836. The van der Waals surface area contributed by atoms with Gasteiger partial charge in [-0.25, -0.2) is 0 Å². The molecule has 32 heavy (non-hydrogen) atoms. The van der Waals surface area contributed by atoms with E-state index in [0.717, 1.165) is 38.5 Å². The third-order valence-corrected chi connectivity index (χ3v) is 5.93. The summed E-state index contributed by atoms with van der Waals surface area (Å²) in [5.74, 6) is -0.0842. The number of amides is 1. The number of hydrogen-bond acceptors (Lipinski definition) is 3. The Hall–Kier alpha value is -1.13. The molecule has 1 amide bonds. The number of carbonyl (C=O) groups is 1. The molecule has 0 rings (SSSR count). The summed E-state index contributed by atoms with van der Waals surface area (Å²) < 4.78 is 0. The van der Waals surface area contributed by atoms with Crippen LogP contribution in [-0.2, 0) is 4.79 Å². The van der Waals surface area contributed by atoms with Crippen LogP contribution < -0.4 is 5.32 Å². The van der Waals surface area contributed by atoms with E-state index in [4.69, 9.17) is 0 Å². The lowest BCUT2D eigenvalue weighted by Gasteiger charge is -2.20. The standard InChI is InChI=1S/C28H53NO3/c1-3-5-7-9-11-13-15-17-19-21-23-27(31)26(25-30)29-28(32)24-22-20-18-16-14-12-10-8-6-4-2/h10,12,21,23,26-27,30-31H,3-9,11,13-20,22,24-25H2,1-2H3,(H,29,32)/b12-10-,23-21+. The predicted molar refractivity (Wildman–Crippen MR) is 138 cm³/mol. The molecule has 0 aliphatic rings. The molecule has 4 nitrogen and oxygen atoms in total. The van der Waals surface area contributed by atoms with E-state index in [9.17, 15) is 15.0 Å². The van der Waals surface area contributed by atoms with Gasteiger partial charge in [-0.3, -0.25) is 4.79 Å². The van der Waals surface area contributed by atoms with Crippen LogP contribution in [0, 0.1) is 0 Å². The number of carbonyl (C=O) groups excluding carboxylic acids is 1. The molecule has 0 aliphatic heterocycles. The van der Waals surface area contributed by atoms with Gasteiger partial charge in [-0.1, -0.05) is 109 Å². The number of unbranched alkanes of at least 4 members (excludes halogenated alkanes) is 14. The summed E-state index contributed by atoms with van der Waals surface area (Å²) >= 11 is 0. The van der Waals surface area contributed by atoms with E-state index in [1.807, 2.05) is 6.08 Å². The Morgan fingerprint density at radius 2 is 1.22 bits per heavy atom. The van der Waals surface area contributed by atoms with E-state index >= 15 is 0 Å². The lowest BCUT2D eigenvalue weighted by atomic mass is 10.1. The summed E-state index contributed by atoms with van der Waals surface area (Å²) in [4.78, 5) is 12.1. The maximum absolute atomic E-state index is 12.1. The molecule has 0 heterocycles. The molecule has 0 bridgehead atoms. The summed E-state index contributed by atoms with van der Waals surface area (Å²) in [7, 11) is 0. The van der Waals surface area contributed by atoms with Crippen LogP contribution in [-0.4, -0.2) is 34.9 Å². The van der Waals surface area contributed by atoms with Crippen molar-refractivity contribution in [3.63, 3.8) is 0 Å². The number of hydrogen-bond donors (Lipinski definition) is 3. The molecule has 4 heteroatoms. The molecule has 0 radical (unpaired) electrons. The average Bonchev–Trinajstić information content (AvgIpc) is 2.79. The number of nitrogens with one attached hydrogen (secondary N) is 1. The molecule has 3 N–H and O–H groups in total. The zero-order valence-corrected chi connectivity index (χ0v) is 21.2. The van der Waals surface area contributed by atoms with E-state index < -0.39 is 12.1 Å².